The molecule has 5 atom stereocenters. The van der Waals surface area contributed by atoms with E-state index in [1.165, 1.54) is 43.8 Å². The van der Waals surface area contributed by atoms with Gasteiger partial charge in [0.05, 0.1) is 7.11 Å². The molecule has 0 amide bonds. The normalized spacial score (nSPS) is 21.8. The Hall–Kier alpha value is -11.7. The predicted octanol–water partition coefficient (Wildman–Crippen LogP) is 21.2. The smallest absolute Gasteiger partial charge is 0.162 e. The van der Waals surface area contributed by atoms with Crippen LogP contribution >= 0.6 is 11.8 Å². The van der Waals surface area contributed by atoms with Crippen LogP contribution in [0.5, 0.6) is 5.75 Å². The van der Waals surface area contributed by atoms with Gasteiger partial charge in [-0.3, -0.25) is 49.5 Å². The summed E-state index contributed by atoms with van der Waals surface area (Å²) in [5, 5.41) is 54.9. The van der Waals surface area contributed by atoms with E-state index in [1.807, 2.05) is 71.0 Å². The number of thioether (sulfide) groups is 1. The molecule has 5 aromatic carbocycles. The number of anilines is 5. The van der Waals surface area contributed by atoms with Crippen LogP contribution in [0.4, 0.5) is 29.1 Å². The van der Waals surface area contributed by atoms with Gasteiger partial charge in [-0.2, -0.15) is 25.5 Å². The van der Waals surface area contributed by atoms with Crippen LogP contribution in [0.1, 0.15) is 264 Å². The van der Waals surface area contributed by atoms with E-state index in [4.69, 9.17) is 4.74 Å². The van der Waals surface area contributed by atoms with Crippen molar-refractivity contribution in [3.8, 4) is 5.75 Å². The highest BCUT2D eigenvalue weighted by molar-refractivity contribution is 7.98. The molecule has 0 saturated heterocycles. The number of rotatable bonds is 7. The van der Waals surface area contributed by atoms with Gasteiger partial charge >= 0.3 is 0 Å². The zero-order chi connectivity index (χ0) is 86.7. The minimum Gasteiger partial charge on any atom is -0.497 e. The molecule has 10 N–H and O–H groups in total. The summed E-state index contributed by atoms with van der Waals surface area (Å²) < 4.78 is 5.28. The number of hydrogen-bond donors (Lipinski definition) is 10. The predicted molar refractivity (Wildman–Crippen MR) is 484 cm³/mol. The first kappa shape index (κ1) is 84.0. The van der Waals surface area contributed by atoms with E-state index in [9.17, 15) is 24.0 Å². The molecule has 21 nitrogen and oxygen atoms in total. The number of methoxy groups -OCH3 is 1. The number of aromatic amines is 5. The van der Waals surface area contributed by atoms with Gasteiger partial charge in [0.25, 0.3) is 0 Å². The second-order valence-electron chi connectivity index (χ2n) is 39.2. The van der Waals surface area contributed by atoms with E-state index in [2.05, 4.69) is 259 Å². The summed E-state index contributed by atoms with van der Waals surface area (Å²) in [4.78, 5) is 66.5. The molecule has 5 aliphatic heterocycles. The zero-order valence-electron chi connectivity index (χ0n) is 74.1. The Morgan fingerprint density at radius 3 is 0.902 bits per heavy atom. The Bertz CT molecular complexity index is 5950. The molecule has 632 valence electrons. The summed E-state index contributed by atoms with van der Waals surface area (Å²) in [6.07, 6.45) is 9.41. The largest absolute Gasteiger partial charge is 0.497 e. The molecule has 10 aromatic rings. The average Bonchev–Trinajstić information content (AvgIpc) is 1.54. The lowest BCUT2D eigenvalue weighted by molar-refractivity contribution is -0.119. The number of ether oxygens (including phenoxy) is 1. The maximum atomic E-state index is 13.1. The number of allylic oxidation sites excluding steroid dienone is 10. The first-order valence-corrected chi connectivity index (χ1v) is 44.0. The van der Waals surface area contributed by atoms with Crippen molar-refractivity contribution in [1.82, 2.24) is 51.0 Å². The fraction of sp³-hybridized carbons (Fsp3) is 0.400. The van der Waals surface area contributed by atoms with E-state index < -0.39 is 0 Å². The van der Waals surface area contributed by atoms with Gasteiger partial charge < -0.3 is 31.3 Å². The molecule has 5 aliphatic carbocycles. The van der Waals surface area contributed by atoms with E-state index in [1.54, 1.807) is 18.9 Å². The molecule has 5 aromatic heterocycles. The number of aryl methyl sites for hydroxylation is 8. The summed E-state index contributed by atoms with van der Waals surface area (Å²) in [7, 11) is 1.66. The molecular formula is C100H115N15O6S. The number of carbonyl (C=O) groups is 5. The van der Waals surface area contributed by atoms with Crippen molar-refractivity contribution in [3.05, 3.63) is 278 Å². The van der Waals surface area contributed by atoms with Crippen LogP contribution in [0.15, 0.2) is 183 Å². The molecule has 0 bridgehead atoms. The van der Waals surface area contributed by atoms with E-state index in [0.717, 1.165) is 185 Å². The Labute approximate surface area is 719 Å². The second-order valence-corrected chi connectivity index (χ2v) is 40.0. The minimum absolute atomic E-state index is 0.0110. The fourth-order valence-corrected chi connectivity index (χ4v) is 21.4. The van der Waals surface area contributed by atoms with Crippen molar-refractivity contribution in [3.63, 3.8) is 0 Å². The van der Waals surface area contributed by atoms with Crippen LogP contribution in [0, 0.1) is 82.5 Å². The molecule has 22 heteroatoms. The van der Waals surface area contributed by atoms with Crippen molar-refractivity contribution in [2.45, 2.75) is 223 Å². The number of ketones is 5. The average molecular weight is 1660 g/mol. The SMILES string of the molecule is COc1ccc(C2C3=C(CC(C)(C)CC3=O)Nc3n[nH]c(C)c32)cc1.CSc1ccccc1C1C2=C(CC(C)(C)CC2=O)Nc2n[nH]c(C)c21.Cc1cccc(C2C3=C(CC(C)(C)CC3=O)Nc3n[nH]c(C)c32)c1.Cc1ccccc1[C@@H]1C2=C(CC(C)(C)CC2=O)Nc2n[nH]c(C)c21.Cc1ccccc1[C@H]1C2=C(CC(C)(C)CC2=O)Nc2n[nH]c(C)c21. The molecule has 0 spiro atoms. The summed E-state index contributed by atoms with van der Waals surface area (Å²) in [6.45, 7) is 38.0. The van der Waals surface area contributed by atoms with Crippen molar-refractivity contribution in [2.75, 3.05) is 39.9 Å². The second kappa shape index (κ2) is 32.0. The highest BCUT2D eigenvalue weighted by Crippen LogP contribution is 2.57. The lowest BCUT2D eigenvalue weighted by Crippen LogP contribution is -2.34. The van der Waals surface area contributed by atoms with Crippen LogP contribution in [0.3, 0.4) is 0 Å². The number of aromatic nitrogens is 10. The van der Waals surface area contributed by atoms with Crippen molar-refractivity contribution in [2.24, 2.45) is 27.1 Å². The van der Waals surface area contributed by atoms with E-state index in [-0.39, 0.29) is 85.6 Å². The minimum atomic E-state index is -0.0838. The third kappa shape index (κ3) is 15.9. The van der Waals surface area contributed by atoms with E-state index >= 15 is 0 Å². The number of fused-ring (bicyclic) bond motifs is 5. The zero-order valence-corrected chi connectivity index (χ0v) is 74.9. The van der Waals surface area contributed by atoms with Crippen LogP contribution in [0.25, 0.3) is 0 Å². The lowest BCUT2D eigenvalue weighted by atomic mass is 9.68. The highest BCUT2D eigenvalue weighted by Gasteiger charge is 2.49. The molecule has 0 saturated carbocycles. The summed E-state index contributed by atoms with van der Waals surface area (Å²) >= 11 is 1.73. The number of benzene rings is 5. The summed E-state index contributed by atoms with van der Waals surface area (Å²) in [5.74, 6) is 6.15. The monoisotopic (exact) mass is 1650 g/mol. The Kier molecular flexibility index (Phi) is 22.0. The number of carbonyl (C=O) groups excluding carboxylic acids is 5. The Morgan fingerprint density at radius 2 is 0.598 bits per heavy atom. The Balaban J connectivity index is 0.000000113. The fourth-order valence-electron chi connectivity index (χ4n) is 20.7. The van der Waals surface area contributed by atoms with E-state index in [0.29, 0.717) is 32.1 Å². The topological polar surface area (TPSA) is 298 Å². The number of nitrogens with one attached hydrogen (secondary N) is 10. The number of nitrogens with zero attached hydrogens (tertiary/aromatic N) is 5. The van der Waals surface area contributed by atoms with Gasteiger partial charge in [0.15, 0.2) is 58.0 Å². The van der Waals surface area contributed by atoms with Crippen molar-refractivity contribution in [1.29, 1.82) is 0 Å². The lowest BCUT2D eigenvalue weighted by Gasteiger charge is -2.38. The van der Waals surface area contributed by atoms with Crippen LogP contribution < -0.4 is 31.3 Å². The quantitative estimate of drug-likeness (QED) is 0.0663. The molecule has 10 aliphatic rings. The third-order valence-corrected chi connectivity index (χ3v) is 26.9. The third-order valence-electron chi connectivity index (χ3n) is 26.1. The maximum absolute atomic E-state index is 13.1. The van der Waals surface area contributed by atoms with Crippen LogP contribution in [0.2, 0.25) is 0 Å². The summed E-state index contributed by atoms with van der Waals surface area (Å²) in [5.41, 5.74) is 29.8. The molecule has 3 unspecified atom stereocenters. The highest BCUT2D eigenvalue weighted by atomic mass is 32.2. The number of H-pyrrole nitrogens is 5. The van der Waals surface area contributed by atoms with Crippen molar-refractivity contribution < 1.29 is 28.7 Å². The van der Waals surface area contributed by atoms with Gasteiger partial charge in [-0.05, 0) is 178 Å². The van der Waals surface area contributed by atoms with Crippen LogP contribution in [-0.4, -0.2) is 93.3 Å². The number of hydrogen-bond acceptors (Lipinski definition) is 17. The number of Topliss-reactive ketones (excluding diaryl/α,β-unsaturated/α-hetero) is 5. The van der Waals surface area contributed by atoms with Gasteiger partial charge in [-0.1, -0.05) is 178 Å². The molecule has 20 rings (SSSR count). The molecular weight excluding hydrogens is 1540 g/mol. The van der Waals surface area contributed by atoms with Gasteiger partial charge in [0, 0.05) is 179 Å². The molecule has 10 heterocycles. The van der Waals surface area contributed by atoms with Crippen molar-refractivity contribution >= 4 is 69.8 Å². The maximum Gasteiger partial charge on any atom is 0.162 e. The first-order valence-electron chi connectivity index (χ1n) is 42.8. The van der Waals surface area contributed by atoms with Crippen LogP contribution in [-0.2, 0) is 24.0 Å². The Morgan fingerprint density at radius 1 is 0.320 bits per heavy atom. The standard InChI is InChI=1S/C20H23N3O2.C20H23N3OS.3C20H23N3O/c1-11-16-17(12-5-7-13(25-4)8-6-12)18-14(21-19(16)23-22-11)9-20(2,3)10-15(18)24;1-11-16-17(12-7-5-6-8-15(12)25-4)18-13(21-19(16)23-22-11)9-20(2,3)10-14(18)24;1-11-6-5-7-13(8-11)17-16-12(2)22-23-19(16)21-14-9-20(3,4)10-15(24)18(14)17;2*1-11-7-5-6-8-13(11)17-16-12(2)22-23-19(16)21-14-9-20(3,4)10-15(24)18(14)17/h2*5-8,17H,9-10H2,1-4H3,(H2,21,22,23);3*5-8,17H,9-10H2,1-4H3,(H2,21,22,23)/t;;;2*17-/m...10/s1. The van der Waals surface area contributed by atoms with Gasteiger partial charge in [0.1, 0.15) is 5.75 Å². The van der Waals surface area contributed by atoms with Gasteiger partial charge in [0.2, 0.25) is 0 Å². The summed E-state index contributed by atoms with van der Waals surface area (Å²) in [6, 6.07) is 41.6. The molecule has 122 heavy (non-hydrogen) atoms. The van der Waals surface area contributed by atoms with Gasteiger partial charge in [-0.25, -0.2) is 0 Å². The molecule has 0 radical (unpaired) electrons. The first-order chi connectivity index (χ1) is 57.9. The molecule has 0 fully saturated rings. The van der Waals surface area contributed by atoms with Gasteiger partial charge in [-0.15, -0.1) is 11.8 Å².